The first-order valence-corrected chi connectivity index (χ1v) is 8.36. The highest BCUT2D eigenvalue weighted by Crippen LogP contribution is 2.46. The summed E-state index contributed by atoms with van der Waals surface area (Å²) in [6.07, 6.45) is 2.93. The van der Waals surface area contributed by atoms with E-state index in [2.05, 4.69) is 48.3 Å². The van der Waals surface area contributed by atoms with E-state index in [0.717, 1.165) is 45.6 Å². The fourth-order valence-electron chi connectivity index (χ4n) is 3.51. The Bertz CT molecular complexity index is 534. The Hall–Kier alpha value is -1.39. The van der Waals surface area contributed by atoms with Crippen LogP contribution < -0.4 is 5.32 Å². The molecule has 4 nitrogen and oxygen atoms in total. The van der Waals surface area contributed by atoms with Crippen molar-refractivity contribution in [2.45, 2.75) is 44.7 Å². The fraction of sp³-hybridized carbons (Fsp3) is 0.611. The molecule has 1 N–H and O–H groups in total. The minimum Gasteiger partial charge on any atom is -0.379 e. The molecule has 0 unspecified atom stereocenters. The smallest absolute Gasteiger partial charge is 0.238 e. The minimum atomic E-state index is -0.123. The maximum absolute atomic E-state index is 12.8. The fourth-order valence-corrected chi connectivity index (χ4v) is 3.51. The average molecular weight is 302 g/mol. The van der Waals surface area contributed by atoms with Crippen LogP contribution >= 0.6 is 0 Å². The Labute approximate surface area is 132 Å². The van der Waals surface area contributed by atoms with E-state index < -0.39 is 0 Å². The Morgan fingerprint density at radius 2 is 2.00 bits per heavy atom. The SMILES string of the molecule is CC[C@@H](C(=O)NC1(c2ccccc2C)CC1)N1CCOCC1. The normalized spacial score (nSPS) is 22.1. The summed E-state index contributed by atoms with van der Waals surface area (Å²) in [6, 6.07) is 8.36. The van der Waals surface area contributed by atoms with Gasteiger partial charge in [0.2, 0.25) is 5.91 Å². The molecule has 1 aromatic rings. The molecule has 0 spiro atoms. The van der Waals surface area contributed by atoms with E-state index in [4.69, 9.17) is 4.74 Å². The van der Waals surface area contributed by atoms with Gasteiger partial charge in [-0.2, -0.15) is 0 Å². The highest BCUT2D eigenvalue weighted by atomic mass is 16.5. The molecule has 1 saturated carbocycles. The summed E-state index contributed by atoms with van der Waals surface area (Å²) in [6.45, 7) is 7.37. The number of aryl methyl sites for hydroxylation is 1. The number of ether oxygens (including phenoxy) is 1. The first kappa shape index (κ1) is 15.5. The number of hydrogen-bond donors (Lipinski definition) is 1. The molecule has 1 atom stereocenters. The molecule has 120 valence electrons. The second-order valence-electron chi connectivity index (χ2n) is 6.46. The van der Waals surface area contributed by atoms with Gasteiger partial charge in [0.1, 0.15) is 0 Å². The lowest BCUT2D eigenvalue weighted by Crippen LogP contribution is -2.52. The molecule has 0 radical (unpaired) electrons. The molecule has 1 aromatic carbocycles. The molecule has 2 fully saturated rings. The topological polar surface area (TPSA) is 41.6 Å². The van der Waals surface area contributed by atoms with Crippen molar-refractivity contribution < 1.29 is 9.53 Å². The van der Waals surface area contributed by atoms with Crippen molar-refractivity contribution in [2.75, 3.05) is 26.3 Å². The number of benzene rings is 1. The summed E-state index contributed by atoms with van der Waals surface area (Å²) in [5, 5.41) is 3.35. The van der Waals surface area contributed by atoms with Crippen molar-refractivity contribution in [1.29, 1.82) is 0 Å². The third-order valence-corrected chi connectivity index (χ3v) is 4.95. The van der Waals surface area contributed by atoms with Crippen LogP contribution in [0.2, 0.25) is 0 Å². The summed E-state index contributed by atoms with van der Waals surface area (Å²) in [4.78, 5) is 15.1. The number of amides is 1. The monoisotopic (exact) mass is 302 g/mol. The lowest BCUT2D eigenvalue weighted by atomic mass is 9.98. The van der Waals surface area contributed by atoms with Gasteiger partial charge in [-0.25, -0.2) is 0 Å². The van der Waals surface area contributed by atoms with Crippen molar-refractivity contribution in [1.82, 2.24) is 10.2 Å². The number of nitrogens with one attached hydrogen (secondary N) is 1. The lowest BCUT2D eigenvalue weighted by molar-refractivity contribution is -0.129. The van der Waals surface area contributed by atoms with Crippen molar-refractivity contribution in [3.63, 3.8) is 0 Å². The number of rotatable bonds is 5. The van der Waals surface area contributed by atoms with Gasteiger partial charge in [0, 0.05) is 13.1 Å². The Balaban J connectivity index is 1.71. The second-order valence-corrected chi connectivity index (χ2v) is 6.46. The summed E-state index contributed by atoms with van der Waals surface area (Å²) >= 11 is 0. The van der Waals surface area contributed by atoms with Crippen LogP contribution in [0.15, 0.2) is 24.3 Å². The van der Waals surface area contributed by atoms with Gasteiger partial charge in [0.25, 0.3) is 0 Å². The van der Waals surface area contributed by atoms with Crippen LogP contribution in [0.4, 0.5) is 0 Å². The van der Waals surface area contributed by atoms with Gasteiger partial charge >= 0.3 is 0 Å². The maximum Gasteiger partial charge on any atom is 0.238 e. The molecule has 3 rings (SSSR count). The summed E-state index contributed by atoms with van der Waals surface area (Å²) < 4.78 is 5.40. The Morgan fingerprint density at radius 3 is 2.59 bits per heavy atom. The predicted octanol–water partition coefficient (Wildman–Crippen LogP) is 2.21. The number of carbonyl (C=O) groups excluding carboxylic acids is 1. The van der Waals surface area contributed by atoms with E-state index in [9.17, 15) is 4.79 Å². The third kappa shape index (κ3) is 3.03. The molecule has 1 amide bonds. The van der Waals surface area contributed by atoms with Crippen LogP contribution in [0, 0.1) is 6.92 Å². The molecular formula is C18H26N2O2. The molecule has 1 aliphatic heterocycles. The Morgan fingerprint density at radius 1 is 1.32 bits per heavy atom. The van der Waals surface area contributed by atoms with Gasteiger partial charge in [-0.1, -0.05) is 31.2 Å². The zero-order chi connectivity index (χ0) is 15.6. The van der Waals surface area contributed by atoms with E-state index in [1.165, 1.54) is 11.1 Å². The number of hydrogen-bond acceptors (Lipinski definition) is 3. The van der Waals surface area contributed by atoms with Crippen molar-refractivity contribution in [3.8, 4) is 0 Å². The lowest BCUT2D eigenvalue weighted by Gasteiger charge is -2.34. The minimum absolute atomic E-state index is 0.0367. The molecule has 0 bridgehead atoms. The number of nitrogens with zero attached hydrogens (tertiary/aromatic N) is 1. The molecule has 4 heteroatoms. The van der Waals surface area contributed by atoms with E-state index in [-0.39, 0.29) is 17.5 Å². The van der Waals surface area contributed by atoms with Gasteiger partial charge in [-0.15, -0.1) is 0 Å². The predicted molar refractivity (Wildman–Crippen MR) is 86.7 cm³/mol. The van der Waals surface area contributed by atoms with Gasteiger partial charge in [-0.3, -0.25) is 9.69 Å². The molecule has 22 heavy (non-hydrogen) atoms. The first-order valence-electron chi connectivity index (χ1n) is 8.36. The largest absolute Gasteiger partial charge is 0.379 e. The number of carbonyl (C=O) groups is 1. The first-order chi connectivity index (χ1) is 10.7. The van der Waals surface area contributed by atoms with Gasteiger partial charge < -0.3 is 10.1 Å². The highest BCUT2D eigenvalue weighted by Gasteiger charge is 2.47. The van der Waals surface area contributed by atoms with E-state index in [0.29, 0.717) is 0 Å². The number of morpholine rings is 1. The molecule has 1 aliphatic carbocycles. The standard InChI is InChI=1S/C18H26N2O2/c1-3-16(20-10-12-22-13-11-20)17(21)19-18(8-9-18)15-7-5-4-6-14(15)2/h4-7,16H,3,8-13H2,1-2H3,(H,19,21)/t16-/m0/s1. The zero-order valence-corrected chi connectivity index (χ0v) is 13.6. The summed E-state index contributed by atoms with van der Waals surface area (Å²) in [5.74, 6) is 0.171. The van der Waals surface area contributed by atoms with Crippen LogP contribution in [0.1, 0.15) is 37.3 Å². The molecule has 0 aromatic heterocycles. The summed E-state index contributed by atoms with van der Waals surface area (Å²) in [5.41, 5.74) is 2.42. The van der Waals surface area contributed by atoms with Gasteiger partial charge in [0.05, 0.1) is 24.8 Å². The molecule has 2 aliphatic rings. The molecule has 1 saturated heterocycles. The van der Waals surface area contributed by atoms with E-state index >= 15 is 0 Å². The summed E-state index contributed by atoms with van der Waals surface area (Å²) in [7, 11) is 0. The van der Waals surface area contributed by atoms with Crippen LogP contribution in [0.5, 0.6) is 0 Å². The van der Waals surface area contributed by atoms with Crippen LogP contribution in [0.3, 0.4) is 0 Å². The maximum atomic E-state index is 12.8. The van der Waals surface area contributed by atoms with Gasteiger partial charge in [-0.05, 0) is 37.3 Å². The van der Waals surface area contributed by atoms with Crippen LogP contribution in [-0.2, 0) is 15.1 Å². The van der Waals surface area contributed by atoms with Crippen LogP contribution in [-0.4, -0.2) is 43.2 Å². The van der Waals surface area contributed by atoms with E-state index in [1.807, 2.05) is 0 Å². The quantitative estimate of drug-likeness (QED) is 0.907. The molecule has 1 heterocycles. The van der Waals surface area contributed by atoms with Crippen LogP contribution in [0.25, 0.3) is 0 Å². The van der Waals surface area contributed by atoms with Crippen molar-refractivity contribution in [3.05, 3.63) is 35.4 Å². The average Bonchev–Trinajstić information content (AvgIpc) is 3.30. The molecular weight excluding hydrogens is 276 g/mol. The van der Waals surface area contributed by atoms with Crippen molar-refractivity contribution >= 4 is 5.91 Å². The Kier molecular flexibility index (Phi) is 4.50. The zero-order valence-electron chi connectivity index (χ0n) is 13.6. The second kappa shape index (κ2) is 6.39. The highest BCUT2D eigenvalue weighted by molar-refractivity contribution is 5.83. The third-order valence-electron chi connectivity index (χ3n) is 4.95. The van der Waals surface area contributed by atoms with E-state index in [1.54, 1.807) is 0 Å². The van der Waals surface area contributed by atoms with Gasteiger partial charge in [0.15, 0.2) is 0 Å². The van der Waals surface area contributed by atoms with Crippen molar-refractivity contribution in [2.24, 2.45) is 0 Å².